The minimum atomic E-state index is 0.0945. The minimum Gasteiger partial charge on any atom is -0.325 e. The zero-order valence-electron chi connectivity index (χ0n) is 14.1. The SMILES string of the molecule is CCn1c(Nc2cccc(C)c2)nc2sc3c(c2c1=O)CCCC3. The molecule has 0 spiro atoms. The van der Waals surface area contributed by atoms with E-state index in [-0.39, 0.29) is 5.56 Å². The van der Waals surface area contributed by atoms with Crippen molar-refractivity contribution in [1.82, 2.24) is 9.55 Å². The Labute approximate surface area is 145 Å². The molecule has 1 aromatic carbocycles. The van der Waals surface area contributed by atoms with Crippen molar-refractivity contribution < 1.29 is 0 Å². The Balaban J connectivity index is 1.88. The number of rotatable bonds is 3. The number of nitrogens with zero attached hydrogens (tertiary/aromatic N) is 2. The molecule has 124 valence electrons. The number of hydrogen-bond donors (Lipinski definition) is 1. The summed E-state index contributed by atoms with van der Waals surface area (Å²) < 4.78 is 1.76. The lowest BCUT2D eigenvalue weighted by atomic mass is 9.97. The average Bonchev–Trinajstić information content (AvgIpc) is 2.93. The Morgan fingerprint density at radius 3 is 2.92 bits per heavy atom. The second-order valence-electron chi connectivity index (χ2n) is 6.37. The van der Waals surface area contributed by atoms with E-state index in [4.69, 9.17) is 4.98 Å². The lowest BCUT2D eigenvalue weighted by Gasteiger charge is -2.13. The smallest absolute Gasteiger partial charge is 0.263 e. The van der Waals surface area contributed by atoms with Crippen molar-refractivity contribution in [3.05, 3.63) is 50.6 Å². The first kappa shape index (κ1) is 15.4. The molecule has 4 nitrogen and oxygen atoms in total. The van der Waals surface area contributed by atoms with E-state index in [0.29, 0.717) is 12.5 Å². The van der Waals surface area contributed by atoms with E-state index in [9.17, 15) is 4.79 Å². The van der Waals surface area contributed by atoms with Gasteiger partial charge in [-0.3, -0.25) is 9.36 Å². The van der Waals surface area contributed by atoms with Gasteiger partial charge in [0.25, 0.3) is 5.56 Å². The minimum absolute atomic E-state index is 0.0945. The van der Waals surface area contributed by atoms with Gasteiger partial charge in [-0.1, -0.05) is 12.1 Å². The number of fused-ring (bicyclic) bond motifs is 3. The third-order valence-electron chi connectivity index (χ3n) is 4.67. The van der Waals surface area contributed by atoms with Crippen molar-refractivity contribution in [2.24, 2.45) is 0 Å². The molecule has 0 radical (unpaired) electrons. The highest BCUT2D eigenvalue weighted by molar-refractivity contribution is 7.18. The molecule has 3 aromatic rings. The molecule has 1 aliphatic rings. The van der Waals surface area contributed by atoms with Gasteiger partial charge in [-0.15, -0.1) is 11.3 Å². The lowest BCUT2D eigenvalue weighted by Crippen LogP contribution is -2.23. The van der Waals surface area contributed by atoms with Gasteiger partial charge in [0.05, 0.1) is 5.39 Å². The zero-order chi connectivity index (χ0) is 16.7. The summed E-state index contributed by atoms with van der Waals surface area (Å²) in [5.74, 6) is 0.638. The number of hydrogen-bond acceptors (Lipinski definition) is 4. The summed E-state index contributed by atoms with van der Waals surface area (Å²) in [6, 6.07) is 8.13. The third kappa shape index (κ3) is 2.53. The monoisotopic (exact) mass is 339 g/mol. The predicted octanol–water partition coefficient (Wildman–Crippen LogP) is 4.41. The maximum absolute atomic E-state index is 13.1. The van der Waals surface area contributed by atoms with Crippen LogP contribution in [0.4, 0.5) is 11.6 Å². The van der Waals surface area contributed by atoms with Crippen LogP contribution in [0.15, 0.2) is 29.1 Å². The van der Waals surface area contributed by atoms with Crippen LogP contribution in [0.5, 0.6) is 0 Å². The van der Waals surface area contributed by atoms with Gasteiger partial charge in [-0.2, -0.15) is 0 Å². The van der Waals surface area contributed by atoms with Crippen LogP contribution in [0, 0.1) is 6.92 Å². The zero-order valence-corrected chi connectivity index (χ0v) is 14.9. The number of anilines is 2. The molecule has 0 aliphatic heterocycles. The number of thiophene rings is 1. The normalized spacial score (nSPS) is 13.9. The molecule has 0 fully saturated rings. The number of benzene rings is 1. The first-order valence-electron chi connectivity index (χ1n) is 8.56. The van der Waals surface area contributed by atoms with E-state index in [1.54, 1.807) is 15.9 Å². The molecule has 4 rings (SSSR count). The van der Waals surface area contributed by atoms with Crippen LogP contribution >= 0.6 is 11.3 Å². The highest BCUT2D eigenvalue weighted by Gasteiger charge is 2.21. The molecule has 24 heavy (non-hydrogen) atoms. The van der Waals surface area contributed by atoms with Crippen molar-refractivity contribution in [3.8, 4) is 0 Å². The molecule has 0 saturated heterocycles. The predicted molar refractivity (Wildman–Crippen MR) is 101 cm³/mol. The molecule has 5 heteroatoms. The van der Waals surface area contributed by atoms with Crippen molar-refractivity contribution in [2.45, 2.75) is 46.1 Å². The summed E-state index contributed by atoms with van der Waals surface area (Å²) in [7, 11) is 0. The molecule has 0 saturated carbocycles. The van der Waals surface area contributed by atoms with Crippen molar-refractivity contribution in [3.63, 3.8) is 0 Å². The summed E-state index contributed by atoms with van der Waals surface area (Å²) in [6.07, 6.45) is 4.49. The second kappa shape index (κ2) is 6.06. The average molecular weight is 339 g/mol. The Morgan fingerprint density at radius 2 is 2.12 bits per heavy atom. The van der Waals surface area contributed by atoms with Crippen LogP contribution in [0.3, 0.4) is 0 Å². The van der Waals surface area contributed by atoms with Crippen LogP contribution in [0.1, 0.15) is 35.8 Å². The fourth-order valence-electron chi connectivity index (χ4n) is 3.48. The van der Waals surface area contributed by atoms with Gasteiger partial charge in [0.1, 0.15) is 4.83 Å². The van der Waals surface area contributed by atoms with Crippen molar-refractivity contribution in [2.75, 3.05) is 5.32 Å². The van der Waals surface area contributed by atoms with Crippen LogP contribution in [0.25, 0.3) is 10.2 Å². The van der Waals surface area contributed by atoms with Crippen molar-refractivity contribution >= 4 is 33.2 Å². The summed E-state index contributed by atoms with van der Waals surface area (Å²) in [5.41, 5.74) is 3.49. The summed E-state index contributed by atoms with van der Waals surface area (Å²) in [6.45, 7) is 4.66. The first-order valence-corrected chi connectivity index (χ1v) is 9.38. The Kier molecular flexibility index (Phi) is 3.88. The number of aryl methyl sites for hydroxylation is 3. The van der Waals surface area contributed by atoms with Gasteiger partial charge < -0.3 is 5.32 Å². The van der Waals surface area contributed by atoms with Crippen molar-refractivity contribution in [1.29, 1.82) is 0 Å². The van der Waals surface area contributed by atoms with Crippen LogP contribution in [-0.2, 0) is 19.4 Å². The van der Waals surface area contributed by atoms with E-state index in [2.05, 4.69) is 24.4 Å². The topological polar surface area (TPSA) is 46.9 Å². The van der Waals surface area contributed by atoms with Gasteiger partial charge in [-0.25, -0.2) is 4.98 Å². The van der Waals surface area contributed by atoms with Gasteiger partial charge in [0, 0.05) is 17.1 Å². The van der Waals surface area contributed by atoms with E-state index in [1.165, 1.54) is 28.8 Å². The molecule has 0 unspecified atom stereocenters. The molecule has 0 atom stereocenters. The summed E-state index contributed by atoms with van der Waals surface area (Å²) in [5, 5.41) is 4.19. The fourth-order valence-corrected chi connectivity index (χ4v) is 4.73. The molecular weight excluding hydrogens is 318 g/mol. The molecule has 2 heterocycles. The Morgan fingerprint density at radius 1 is 1.29 bits per heavy atom. The maximum atomic E-state index is 13.1. The Hall–Kier alpha value is -2.14. The van der Waals surface area contributed by atoms with E-state index >= 15 is 0 Å². The molecular formula is C19H21N3OS. The number of nitrogens with one attached hydrogen (secondary N) is 1. The molecule has 1 aliphatic carbocycles. The number of aromatic nitrogens is 2. The molecule has 0 amide bonds. The first-order chi connectivity index (χ1) is 11.7. The van der Waals surface area contributed by atoms with Gasteiger partial charge in [-0.05, 0) is 62.8 Å². The largest absolute Gasteiger partial charge is 0.325 e. The standard InChI is InChI=1S/C19H21N3OS/c1-3-22-18(23)16-14-9-4-5-10-15(14)24-17(16)21-19(22)20-13-8-6-7-12(2)11-13/h6-8,11H,3-5,9-10H2,1-2H3,(H,20,21). The van der Waals surface area contributed by atoms with Crippen LogP contribution in [0.2, 0.25) is 0 Å². The van der Waals surface area contributed by atoms with E-state index in [1.807, 2.05) is 19.1 Å². The van der Waals surface area contributed by atoms with Gasteiger partial charge in [0.2, 0.25) is 5.95 Å². The Bertz CT molecular complexity index is 971. The van der Waals surface area contributed by atoms with Crippen LogP contribution < -0.4 is 10.9 Å². The summed E-state index contributed by atoms with van der Waals surface area (Å²) in [4.78, 5) is 20.1. The molecule has 2 aromatic heterocycles. The lowest BCUT2D eigenvalue weighted by molar-refractivity contribution is 0.696. The van der Waals surface area contributed by atoms with E-state index < -0.39 is 0 Å². The quantitative estimate of drug-likeness (QED) is 0.769. The fraction of sp³-hybridized carbons (Fsp3) is 0.368. The maximum Gasteiger partial charge on any atom is 0.263 e. The van der Waals surface area contributed by atoms with Gasteiger partial charge in [0.15, 0.2) is 0 Å². The second-order valence-corrected chi connectivity index (χ2v) is 7.45. The highest BCUT2D eigenvalue weighted by atomic mass is 32.1. The highest BCUT2D eigenvalue weighted by Crippen LogP contribution is 2.34. The molecule has 0 bridgehead atoms. The van der Waals surface area contributed by atoms with E-state index in [0.717, 1.165) is 28.7 Å². The van der Waals surface area contributed by atoms with Gasteiger partial charge >= 0.3 is 0 Å². The van der Waals surface area contributed by atoms with Crippen LogP contribution in [-0.4, -0.2) is 9.55 Å². The third-order valence-corrected chi connectivity index (χ3v) is 5.85. The molecule has 1 N–H and O–H groups in total. The summed E-state index contributed by atoms with van der Waals surface area (Å²) >= 11 is 1.70.